The van der Waals surface area contributed by atoms with Gasteiger partial charge in [-0.2, -0.15) is 0 Å². The Bertz CT molecular complexity index is 411. The van der Waals surface area contributed by atoms with Gasteiger partial charge in [-0.15, -0.1) is 0 Å². The molecule has 0 bridgehead atoms. The second-order valence-corrected chi connectivity index (χ2v) is 6.61. The minimum absolute atomic E-state index is 0.413. The van der Waals surface area contributed by atoms with Crippen molar-refractivity contribution < 1.29 is 0 Å². The van der Waals surface area contributed by atoms with Crippen LogP contribution in [0, 0.1) is 11.3 Å². The zero-order valence-corrected chi connectivity index (χ0v) is 13.0. The third kappa shape index (κ3) is 3.50. The molecule has 0 amide bonds. The molecule has 0 aromatic heterocycles. The van der Waals surface area contributed by atoms with Crippen molar-refractivity contribution in [2.75, 3.05) is 26.7 Å². The van der Waals surface area contributed by atoms with Gasteiger partial charge < -0.3 is 10.2 Å². The Morgan fingerprint density at radius 1 is 1.37 bits per heavy atom. The second kappa shape index (κ2) is 6.25. The SMILES string of the molecule is CC(C)C1(CN(C)Cc2ccccc2Cl)CCNC1. The monoisotopic (exact) mass is 280 g/mol. The van der Waals surface area contributed by atoms with Gasteiger partial charge in [0.1, 0.15) is 0 Å². The van der Waals surface area contributed by atoms with Crippen molar-refractivity contribution in [1.82, 2.24) is 10.2 Å². The van der Waals surface area contributed by atoms with Gasteiger partial charge in [-0.25, -0.2) is 0 Å². The third-order valence-corrected chi connectivity index (χ3v) is 4.85. The highest BCUT2D eigenvalue weighted by Crippen LogP contribution is 2.35. The summed E-state index contributed by atoms with van der Waals surface area (Å²) in [5.41, 5.74) is 1.63. The summed E-state index contributed by atoms with van der Waals surface area (Å²) in [5.74, 6) is 0.705. The lowest BCUT2D eigenvalue weighted by Crippen LogP contribution is -2.41. The van der Waals surface area contributed by atoms with Gasteiger partial charge in [0.05, 0.1) is 0 Å². The molecule has 0 radical (unpaired) electrons. The molecule has 1 heterocycles. The van der Waals surface area contributed by atoms with Crippen molar-refractivity contribution in [3.8, 4) is 0 Å². The summed E-state index contributed by atoms with van der Waals surface area (Å²) in [6.07, 6.45) is 1.28. The predicted octanol–water partition coefficient (Wildman–Crippen LogP) is 3.41. The van der Waals surface area contributed by atoms with Gasteiger partial charge in [0.25, 0.3) is 0 Å². The fraction of sp³-hybridized carbons (Fsp3) is 0.625. The van der Waals surface area contributed by atoms with Crippen LogP contribution in [-0.2, 0) is 6.54 Å². The van der Waals surface area contributed by atoms with Crippen molar-refractivity contribution in [2.45, 2.75) is 26.8 Å². The largest absolute Gasteiger partial charge is 0.316 e. The predicted molar refractivity (Wildman–Crippen MR) is 82.5 cm³/mol. The zero-order chi connectivity index (χ0) is 13.9. The van der Waals surface area contributed by atoms with Gasteiger partial charge in [-0.3, -0.25) is 0 Å². The quantitative estimate of drug-likeness (QED) is 0.889. The molecule has 1 aromatic rings. The summed E-state index contributed by atoms with van der Waals surface area (Å²) in [5, 5.41) is 4.40. The van der Waals surface area contributed by atoms with Crippen molar-refractivity contribution in [3.05, 3.63) is 34.9 Å². The maximum absolute atomic E-state index is 6.24. The van der Waals surface area contributed by atoms with E-state index < -0.39 is 0 Å². The van der Waals surface area contributed by atoms with Crippen LogP contribution in [0.3, 0.4) is 0 Å². The summed E-state index contributed by atoms with van der Waals surface area (Å²) in [4.78, 5) is 2.41. The molecule has 1 N–H and O–H groups in total. The minimum Gasteiger partial charge on any atom is -0.316 e. The first kappa shape index (κ1) is 14.8. The van der Waals surface area contributed by atoms with E-state index in [2.05, 4.69) is 43.2 Å². The van der Waals surface area contributed by atoms with Crippen LogP contribution >= 0.6 is 11.6 Å². The normalized spacial score (nSPS) is 23.5. The smallest absolute Gasteiger partial charge is 0.0451 e. The van der Waals surface area contributed by atoms with Crippen LogP contribution in [0.1, 0.15) is 25.8 Å². The lowest BCUT2D eigenvalue weighted by Gasteiger charge is -2.36. The van der Waals surface area contributed by atoms with Gasteiger partial charge in [-0.05, 0) is 43.0 Å². The van der Waals surface area contributed by atoms with Gasteiger partial charge in [0.15, 0.2) is 0 Å². The number of nitrogens with one attached hydrogen (secondary N) is 1. The molecule has 0 aliphatic carbocycles. The van der Waals surface area contributed by atoms with E-state index >= 15 is 0 Å². The molecule has 3 heteroatoms. The Morgan fingerprint density at radius 2 is 2.11 bits per heavy atom. The van der Waals surface area contributed by atoms with Crippen LogP contribution in [-0.4, -0.2) is 31.6 Å². The van der Waals surface area contributed by atoms with Crippen LogP contribution in [0.4, 0.5) is 0 Å². The van der Waals surface area contributed by atoms with Gasteiger partial charge in [0.2, 0.25) is 0 Å². The van der Waals surface area contributed by atoms with E-state index in [1.165, 1.54) is 12.0 Å². The molecular weight excluding hydrogens is 256 g/mol. The molecule has 1 saturated heterocycles. The molecule has 19 heavy (non-hydrogen) atoms. The first-order valence-electron chi connectivity index (χ1n) is 7.16. The average molecular weight is 281 g/mol. The van der Waals surface area contributed by atoms with Crippen LogP contribution < -0.4 is 5.32 Å². The summed E-state index contributed by atoms with van der Waals surface area (Å²) >= 11 is 6.24. The van der Waals surface area contributed by atoms with E-state index in [9.17, 15) is 0 Å². The highest BCUT2D eigenvalue weighted by molar-refractivity contribution is 6.31. The fourth-order valence-electron chi connectivity index (χ4n) is 3.08. The van der Waals surface area contributed by atoms with E-state index in [1.807, 2.05) is 12.1 Å². The summed E-state index contributed by atoms with van der Waals surface area (Å²) in [7, 11) is 2.20. The molecular formula is C16H25ClN2. The van der Waals surface area contributed by atoms with E-state index in [1.54, 1.807) is 0 Å². The number of nitrogens with zero attached hydrogens (tertiary/aromatic N) is 1. The first-order chi connectivity index (χ1) is 9.03. The molecule has 2 rings (SSSR count). The Morgan fingerprint density at radius 3 is 2.68 bits per heavy atom. The van der Waals surface area contributed by atoms with E-state index in [4.69, 9.17) is 11.6 Å². The Hall–Kier alpha value is -0.570. The second-order valence-electron chi connectivity index (χ2n) is 6.21. The highest BCUT2D eigenvalue weighted by atomic mass is 35.5. The van der Waals surface area contributed by atoms with Crippen molar-refractivity contribution in [3.63, 3.8) is 0 Å². The summed E-state index contributed by atoms with van der Waals surface area (Å²) in [6, 6.07) is 8.14. The molecule has 0 spiro atoms. The summed E-state index contributed by atoms with van der Waals surface area (Å²) < 4.78 is 0. The lowest BCUT2D eigenvalue weighted by molar-refractivity contribution is 0.132. The molecule has 1 aliphatic rings. The van der Waals surface area contributed by atoms with E-state index in [-0.39, 0.29) is 0 Å². The number of benzene rings is 1. The molecule has 0 saturated carbocycles. The maximum atomic E-state index is 6.24. The Balaban J connectivity index is 2.01. The third-order valence-electron chi connectivity index (χ3n) is 4.48. The van der Waals surface area contributed by atoms with Crippen LogP contribution in [0.25, 0.3) is 0 Å². The number of hydrogen-bond donors (Lipinski definition) is 1. The van der Waals surface area contributed by atoms with Crippen LogP contribution in [0.2, 0.25) is 5.02 Å². The van der Waals surface area contributed by atoms with E-state index in [0.29, 0.717) is 11.3 Å². The Labute approximate surface area is 122 Å². The molecule has 106 valence electrons. The number of rotatable bonds is 5. The minimum atomic E-state index is 0.413. The molecule has 1 atom stereocenters. The molecule has 2 nitrogen and oxygen atoms in total. The topological polar surface area (TPSA) is 15.3 Å². The fourth-order valence-corrected chi connectivity index (χ4v) is 3.28. The molecule has 1 aromatic carbocycles. The standard InChI is InChI=1S/C16H25ClN2/c1-13(2)16(8-9-18-11-16)12-19(3)10-14-6-4-5-7-15(14)17/h4-7,13,18H,8-12H2,1-3H3. The maximum Gasteiger partial charge on any atom is 0.0451 e. The first-order valence-corrected chi connectivity index (χ1v) is 7.54. The lowest BCUT2D eigenvalue weighted by atomic mass is 9.76. The average Bonchev–Trinajstić information content (AvgIpc) is 2.82. The zero-order valence-electron chi connectivity index (χ0n) is 12.2. The number of hydrogen-bond acceptors (Lipinski definition) is 2. The molecule has 1 unspecified atom stereocenters. The van der Waals surface area contributed by atoms with Crippen molar-refractivity contribution >= 4 is 11.6 Å². The number of halogens is 1. The molecule has 1 aliphatic heterocycles. The van der Waals surface area contributed by atoms with Crippen LogP contribution in [0.15, 0.2) is 24.3 Å². The van der Waals surface area contributed by atoms with Gasteiger partial charge >= 0.3 is 0 Å². The van der Waals surface area contributed by atoms with Crippen LogP contribution in [0.5, 0.6) is 0 Å². The van der Waals surface area contributed by atoms with E-state index in [0.717, 1.165) is 31.2 Å². The summed E-state index contributed by atoms with van der Waals surface area (Å²) in [6.45, 7) is 9.03. The highest BCUT2D eigenvalue weighted by Gasteiger charge is 2.37. The van der Waals surface area contributed by atoms with Crippen molar-refractivity contribution in [2.24, 2.45) is 11.3 Å². The Kier molecular flexibility index (Phi) is 4.88. The van der Waals surface area contributed by atoms with Gasteiger partial charge in [0, 0.05) is 24.7 Å². The van der Waals surface area contributed by atoms with Gasteiger partial charge in [-0.1, -0.05) is 43.6 Å². The van der Waals surface area contributed by atoms with Crippen molar-refractivity contribution in [1.29, 1.82) is 0 Å². The molecule has 1 fully saturated rings.